The Hall–Kier alpha value is -2.61. The molecule has 0 aliphatic heterocycles. The van der Waals surface area contributed by atoms with Gasteiger partial charge in [0, 0.05) is 24.0 Å². The molecule has 2 heterocycles. The first-order chi connectivity index (χ1) is 12.5. The van der Waals surface area contributed by atoms with Crippen molar-refractivity contribution in [3.63, 3.8) is 0 Å². The summed E-state index contributed by atoms with van der Waals surface area (Å²) in [4.78, 5) is 20.8. The van der Waals surface area contributed by atoms with Crippen molar-refractivity contribution in [1.82, 2.24) is 14.5 Å². The minimum atomic E-state index is -0.719. The largest absolute Gasteiger partial charge is 0.472 e. The van der Waals surface area contributed by atoms with E-state index in [2.05, 4.69) is 25.9 Å². The molecule has 2 aromatic heterocycles. The molecule has 0 radical (unpaired) electrons. The molecule has 26 heavy (non-hydrogen) atoms. The maximum Gasteiger partial charge on any atom is 0.272 e. The number of halogens is 3. The second-order valence-electron chi connectivity index (χ2n) is 5.55. The smallest absolute Gasteiger partial charge is 0.272 e. The lowest BCUT2D eigenvalue weighted by molar-refractivity contribution is 0.282. The number of pyridine rings is 1. The zero-order chi connectivity index (χ0) is 18.7. The Balaban J connectivity index is 1.84. The molecule has 0 saturated heterocycles. The third-order valence-electron chi connectivity index (χ3n) is 3.74. The fourth-order valence-corrected chi connectivity index (χ4v) is 2.77. The van der Waals surface area contributed by atoms with Gasteiger partial charge >= 0.3 is 0 Å². The lowest BCUT2D eigenvalue weighted by Gasteiger charge is -2.13. The highest BCUT2D eigenvalue weighted by atomic mass is 79.9. The molecule has 0 N–H and O–H groups in total. The highest BCUT2D eigenvalue weighted by Gasteiger charge is 2.15. The van der Waals surface area contributed by atoms with Crippen LogP contribution in [0.15, 0.2) is 52.0 Å². The Morgan fingerprint density at radius 3 is 2.62 bits per heavy atom. The van der Waals surface area contributed by atoms with Crippen molar-refractivity contribution in [2.75, 3.05) is 0 Å². The Morgan fingerprint density at radius 2 is 1.92 bits per heavy atom. The maximum atomic E-state index is 13.7. The molecular weight excluding hydrogens is 408 g/mol. The van der Waals surface area contributed by atoms with E-state index in [1.807, 2.05) is 12.1 Å². The van der Waals surface area contributed by atoms with Gasteiger partial charge in [-0.25, -0.2) is 8.78 Å². The fourth-order valence-electron chi connectivity index (χ4n) is 2.35. The number of aryl methyl sites for hydroxylation is 1. The number of rotatable bonds is 5. The summed E-state index contributed by atoms with van der Waals surface area (Å²) in [6, 6.07) is 6.82. The Bertz CT molecular complexity index is 994. The molecule has 0 aliphatic rings. The van der Waals surface area contributed by atoms with Crippen LogP contribution in [0.1, 0.15) is 17.0 Å². The molecule has 134 valence electrons. The van der Waals surface area contributed by atoms with Crippen LogP contribution < -0.4 is 10.3 Å². The van der Waals surface area contributed by atoms with Gasteiger partial charge in [0.1, 0.15) is 28.5 Å². The zero-order valence-corrected chi connectivity index (χ0v) is 15.3. The molecule has 0 amide bonds. The summed E-state index contributed by atoms with van der Waals surface area (Å²) in [6.07, 6.45) is 3.29. The van der Waals surface area contributed by atoms with Crippen LogP contribution in [0, 0.1) is 18.6 Å². The van der Waals surface area contributed by atoms with Crippen molar-refractivity contribution in [2.24, 2.45) is 0 Å². The summed E-state index contributed by atoms with van der Waals surface area (Å²) in [7, 11) is 0. The second kappa shape index (κ2) is 7.74. The van der Waals surface area contributed by atoms with Crippen molar-refractivity contribution in [2.45, 2.75) is 20.1 Å². The van der Waals surface area contributed by atoms with Crippen molar-refractivity contribution in [3.05, 3.63) is 86.1 Å². The third kappa shape index (κ3) is 3.96. The van der Waals surface area contributed by atoms with Crippen LogP contribution in [0.3, 0.4) is 0 Å². The van der Waals surface area contributed by atoms with Crippen LogP contribution in [0.2, 0.25) is 0 Å². The molecule has 0 aliphatic carbocycles. The van der Waals surface area contributed by atoms with Gasteiger partial charge in [-0.2, -0.15) is 4.98 Å². The van der Waals surface area contributed by atoms with E-state index in [1.165, 1.54) is 10.6 Å². The summed E-state index contributed by atoms with van der Waals surface area (Å²) in [5.41, 5.74) is 0.753. The van der Waals surface area contributed by atoms with Gasteiger partial charge in [0.15, 0.2) is 0 Å². The normalized spacial score (nSPS) is 10.8. The molecule has 0 atom stereocenters. The summed E-state index contributed by atoms with van der Waals surface area (Å²) in [5.74, 6) is -0.879. The van der Waals surface area contributed by atoms with Gasteiger partial charge in [0.05, 0.1) is 6.54 Å². The molecule has 0 bridgehead atoms. The minimum Gasteiger partial charge on any atom is -0.472 e. The lowest BCUT2D eigenvalue weighted by atomic mass is 10.2. The zero-order valence-electron chi connectivity index (χ0n) is 13.7. The summed E-state index contributed by atoms with van der Waals surface area (Å²) in [6.45, 7) is 1.84. The highest BCUT2D eigenvalue weighted by molar-refractivity contribution is 9.10. The third-order valence-corrected chi connectivity index (χ3v) is 4.42. The first kappa shape index (κ1) is 18.2. The highest BCUT2D eigenvalue weighted by Crippen LogP contribution is 2.21. The molecule has 0 spiro atoms. The monoisotopic (exact) mass is 421 g/mol. The van der Waals surface area contributed by atoms with Crippen LogP contribution in [0.25, 0.3) is 0 Å². The Kier molecular flexibility index (Phi) is 5.41. The summed E-state index contributed by atoms with van der Waals surface area (Å²) >= 11 is 3.20. The van der Waals surface area contributed by atoms with E-state index < -0.39 is 11.6 Å². The van der Waals surface area contributed by atoms with Crippen LogP contribution in [-0.4, -0.2) is 14.5 Å². The maximum absolute atomic E-state index is 13.7. The number of aromatic nitrogens is 3. The SMILES string of the molecule is Cc1nc(OCc2ccc(F)cc2F)c(Br)c(=O)n1Cc1ccncc1. The summed E-state index contributed by atoms with van der Waals surface area (Å²) < 4.78 is 33.7. The van der Waals surface area contributed by atoms with E-state index in [-0.39, 0.29) is 28.1 Å². The van der Waals surface area contributed by atoms with Gasteiger partial charge in [-0.15, -0.1) is 0 Å². The van der Waals surface area contributed by atoms with E-state index >= 15 is 0 Å². The predicted octanol–water partition coefficient (Wildman–Crippen LogP) is 3.61. The first-order valence-electron chi connectivity index (χ1n) is 7.68. The number of hydrogen-bond acceptors (Lipinski definition) is 4. The van der Waals surface area contributed by atoms with Crippen LogP contribution >= 0.6 is 15.9 Å². The minimum absolute atomic E-state index is 0.0576. The van der Waals surface area contributed by atoms with Crippen molar-refractivity contribution >= 4 is 15.9 Å². The van der Waals surface area contributed by atoms with Crippen molar-refractivity contribution in [3.8, 4) is 5.88 Å². The van der Waals surface area contributed by atoms with Gasteiger partial charge in [0.2, 0.25) is 5.88 Å². The summed E-state index contributed by atoms with van der Waals surface area (Å²) in [5, 5.41) is 0. The molecule has 8 heteroatoms. The molecule has 1 aromatic carbocycles. The lowest BCUT2D eigenvalue weighted by Crippen LogP contribution is -2.25. The van der Waals surface area contributed by atoms with Gasteiger partial charge < -0.3 is 4.74 Å². The Morgan fingerprint density at radius 1 is 1.19 bits per heavy atom. The molecule has 0 fully saturated rings. The van der Waals surface area contributed by atoms with E-state index in [1.54, 1.807) is 19.3 Å². The Labute approximate surface area is 156 Å². The van der Waals surface area contributed by atoms with Crippen LogP contribution in [0.4, 0.5) is 8.78 Å². The molecule has 3 aromatic rings. The van der Waals surface area contributed by atoms with Gasteiger partial charge in [0.25, 0.3) is 5.56 Å². The standard InChI is InChI=1S/C18H14BrF2N3O2/c1-11-23-17(26-10-13-2-3-14(20)8-15(13)21)16(19)18(25)24(11)9-12-4-6-22-7-5-12/h2-8H,9-10H2,1H3. The fraction of sp³-hybridized carbons (Fsp3) is 0.167. The average Bonchev–Trinajstić information content (AvgIpc) is 2.63. The van der Waals surface area contributed by atoms with E-state index in [0.717, 1.165) is 17.7 Å². The van der Waals surface area contributed by atoms with Crippen LogP contribution in [-0.2, 0) is 13.2 Å². The van der Waals surface area contributed by atoms with Gasteiger partial charge in [-0.1, -0.05) is 0 Å². The molecule has 0 unspecified atom stereocenters. The topological polar surface area (TPSA) is 57.0 Å². The molecule has 5 nitrogen and oxygen atoms in total. The van der Waals surface area contributed by atoms with Crippen molar-refractivity contribution in [1.29, 1.82) is 0 Å². The number of nitrogens with zero attached hydrogens (tertiary/aromatic N) is 3. The van der Waals surface area contributed by atoms with Crippen molar-refractivity contribution < 1.29 is 13.5 Å². The quantitative estimate of drug-likeness (QED) is 0.631. The molecular formula is C18H14BrF2N3O2. The van der Waals surface area contributed by atoms with Gasteiger partial charge in [-0.05, 0) is 52.7 Å². The van der Waals surface area contributed by atoms with Crippen LogP contribution in [0.5, 0.6) is 5.88 Å². The van der Waals surface area contributed by atoms with E-state index in [9.17, 15) is 13.6 Å². The van der Waals surface area contributed by atoms with E-state index in [4.69, 9.17) is 4.74 Å². The predicted molar refractivity (Wildman–Crippen MR) is 95.0 cm³/mol. The van der Waals surface area contributed by atoms with E-state index in [0.29, 0.717) is 12.4 Å². The average molecular weight is 422 g/mol. The molecule has 0 saturated carbocycles. The number of hydrogen-bond donors (Lipinski definition) is 0. The molecule has 3 rings (SSSR count). The first-order valence-corrected chi connectivity index (χ1v) is 8.47. The number of benzene rings is 1. The number of ether oxygens (including phenoxy) is 1. The van der Waals surface area contributed by atoms with Gasteiger partial charge in [-0.3, -0.25) is 14.3 Å². The second-order valence-corrected chi connectivity index (χ2v) is 6.34.